The minimum Gasteiger partial charge on any atom is -0.313 e. The van der Waals surface area contributed by atoms with Gasteiger partial charge in [-0.25, -0.2) is 13.1 Å². The Morgan fingerprint density at radius 2 is 1.81 bits per heavy atom. The van der Waals surface area contributed by atoms with Crippen LogP contribution < -0.4 is 10.0 Å². The van der Waals surface area contributed by atoms with E-state index in [0.29, 0.717) is 18.7 Å². The summed E-state index contributed by atoms with van der Waals surface area (Å²) in [5, 5.41) is 3.27. The summed E-state index contributed by atoms with van der Waals surface area (Å²) in [6.07, 6.45) is 3.25. The molecule has 0 radical (unpaired) electrons. The van der Waals surface area contributed by atoms with Crippen LogP contribution in [0.3, 0.4) is 0 Å². The Morgan fingerprint density at radius 1 is 1.14 bits per heavy atom. The van der Waals surface area contributed by atoms with Crippen LogP contribution in [0.4, 0.5) is 0 Å². The zero-order valence-electron chi connectivity index (χ0n) is 12.6. The molecule has 0 saturated carbocycles. The van der Waals surface area contributed by atoms with E-state index < -0.39 is 20.8 Å². The van der Waals surface area contributed by atoms with Crippen molar-refractivity contribution >= 4 is 20.8 Å². The lowest BCUT2D eigenvalue weighted by Crippen LogP contribution is -2.25. The summed E-state index contributed by atoms with van der Waals surface area (Å²) >= 11 is 0. The molecular formula is C14H24N2O3S2. The molecule has 1 aromatic carbocycles. The molecule has 1 unspecified atom stereocenters. The summed E-state index contributed by atoms with van der Waals surface area (Å²) in [5.74, 6) is 0.505. The highest BCUT2D eigenvalue weighted by molar-refractivity contribution is 7.89. The standard InChI is InChI=1S/C14H24N2O3S2/c1-3-9-15-12-13-5-7-14(8-6-13)21(18,19)16-10-4-11-20(2)17/h5-8,15-16H,3-4,9-12H2,1-2H3. The summed E-state index contributed by atoms with van der Waals surface area (Å²) in [6, 6.07) is 6.86. The van der Waals surface area contributed by atoms with E-state index in [1.165, 1.54) is 0 Å². The fourth-order valence-electron chi connectivity index (χ4n) is 1.76. The van der Waals surface area contributed by atoms with Crippen LogP contribution >= 0.6 is 0 Å². The molecular weight excluding hydrogens is 308 g/mol. The van der Waals surface area contributed by atoms with Crippen LogP contribution in [-0.4, -0.2) is 37.7 Å². The van der Waals surface area contributed by atoms with Gasteiger partial charge in [0.2, 0.25) is 10.0 Å². The minimum absolute atomic E-state index is 0.263. The van der Waals surface area contributed by atoms with Gasteiger partial charge in [-0.1, -0.05) is 19.1 Å². The summed E-state index contributed by atoms with van der Waals surface area (Å²) < 4.78 is 37.5. The van der Waals surface area contributed by atoms with Crippen LogP contribution in [0.5, 0.6) is 0 Å². The van der Waals surface area contributed by atoms with Crippen molar-refractivity contribution in [3.63, 3.8) is 0 Å². The van der Waals surface area contributed by atoms with Crippen molar-refractivity contribution < 1.29 is 12.6 Å². The lowest BCUT2D eigenvalue weighted by molar-refractivity contribution is 0.580. The van der Waals surface area contributed by atoms with E-state index in [1.807, 2.05) is 12.1 Å². The van der Waals surface area contributed by atoms with Gasteiger partial charge in [-0.05, 0) is 37.1 Å². The minimum atomic E-state index is -3.47. The summed E-state index contributed by atoms with van der Waals surface area (Å²) in [4.78, 5) is 0.263. The first-order valence-corrected chi connectivity index (χ1v) is 10.3. The van der Waals surface area contributed by atoms with Crippen LogP contribution in [-0.2, 0) is 27.4 Å². The van der Waals surface area contributed by atoms with Crippen molar-refractivity contribution in [3.05, 3.63) is 29.8 Å². The van der Waals surface area contributed by atoms with E-state index in [4.69, 9.17) is 0 Å². The van der Waals surface area contributed by atoms with Crippen molar-refractivity contribution in [2.75, 3.05) is 25.1 Å². The van der Waals surface area contributed by atoms with Gasteiger partial charge in [0.1, 0.15) is 0 Å². The van der Waals surface area contributed by atoms with Gasteiger partial charge in [-0.2, -0.15) is 0 Å². The van der Waals surface area contributed by atoms with E-state index >= 15 is 0 Å². The van der Waals surface area contributed by atoms with Crippen molar-refractivity contribution in [2.24, 2.45) is 0 Å². The number of hydrogen-bond acceptors (Lipinski definition) is 4. The zero-order chi connectivity index (χ0) is 15.7. The average molecular weight is 332 g/mol. The Balaban J connectivity index is 2.52. The second-order valence-electron chi connectivity index (χ2n) is 4.85. The first-order chi connectivity index (χ1) is 9.95. The molecule has 0 spiro atoms. The average Bonchev–Trinajstić information content (AvgIpc) is 2.44. The fraction of sp³-hybridized carbons (Fsp3) is 0.571. The Morgan fingerprint density at radius 3 is 2.38 bits per heavy atom. The van der Waals surface area contributed by atoms with E-state index in [9.17, 15) is 12.6 Å². The largest absolute Gasteiger partial charge is 0.313 e. The van der Waals surface area contributed by atoms with Crippen molar-refractivity contribution in [1.82, 2.24) is 10.0 Å². The monoisotopic (exact) mass is 332 g/mol. The molecule has 1 aromatic rings. The third kappa shape index (κ3) is 7.17. The molecule has 0 amide bonds. The van der Waals surface area contributed by atoms with Crippen LogP contribution in [0, 0.1) is 0 Å². The van der Waals surface area contributed by atoms with Gasteiger partial charge in [0.05, 0.1) is 4.90 Å². The Labute approximate surface area is 130 Å². The Kier molecular flexibility index (Phi) is 8.10. The lowest BCUT2D eigenvalue weighted by Gasteiger charge is -2.08. The molecule has 0 saturated heterocycles. The molecule has 0 aliphatic rings. The summed E-state index contributed by atoms with van der Waals surface area (Å²) in [5.41, 5.74) is 1.06. The van der Waals surface area contributed by atoms with Crippen LogP contribution in [0.15, 0.2) is 29.2 Å². The Hall–Kier alpha value is -0.760. The second-order valence-corrected chi connectivity index (χ2v) is 8.17. The molecule has 21 heavy (non-hydrogen) atoms. The first kappa shape index (κ1) is 18.3. The normalized spacial score (nSPS) is 13.2. The highest BCUT2D eigenvalue weighted by Gasteiger charge is 2.12. The third-order valence-corrected chi connectivity index (χ3v) is 5.23. The molecule has 2 N–H and O–H groups in total. The molecule has 0 heterocycles. The molecule has 0 aromatic heterocycles. The van der Waals surface area contributed by atoms with Crippen molar-refractivity contribution in [3.8, 4) is 0 Å². The molecule has 0 fully saturated rings. The van der Waals surface area contributed by atoms with Gasteiger partial charge in [0.25, 0.3) is 0 Å². The predicted octanol–water partition coefficient (Wildman–Crippen LogP) is 1.23. The quantitative estimate of drug-likeness (QED) is 0.632. The molecule has 5 nitrogen and oxygen atoms in total. The SMILES string of the molecule is CCCNCc1ccc(S(=O)(=O)NCCCS(C)=O)cc1. The van der Waals surface area contributed by atoms with Crippen LogP contribution in [0.25, 0.3) is 0 Å². The number of benzene rings is 1. The van der Waals surface area contributed by atoms with E-state index in [-0.39, 0.29) is 4.90 Å². The van der Waals surface area contributed by atoms with Crippen LogP contribution in [0.1, 0.15) is 25.3 Å². The third-order valence-electron chi connectivity index (χ3n) is 2.89. The number of sulfonamides is 1. The smallest absolute Gasteiger partial charge is 0.240 e. The van der Waals surface area contributed by atoms with E-state index in [1.54, 1.807) is 18.4 Å². The molecule has 0 bridgehead atoms. The molecule has 120 valence electrons. The van der Waals surface area contributed by atoms with Gasteiger partial charge in [0.15, 0.2) is 0 Å². The maximum Gasteiger partial charge on any atom is 0.240 e. The van der Waals surface area contributed by atoms with Gasteiger partial charge < -0.3 is 5.32 Å². The zero-order valence-corrected chi connectivity index (χ0v) is 14.2. The van der Waals surface area contributed by atoms with Gasteiger partial charge in [-0.3, -0.25) is 4.21 Å². The Bertz CT molecular complexity index is 542. The molecule has 0 aliphatic heterocycles. The molecule has 1 rings (SSSR count). The molecule has 7 heteroatoms. The van der Waals surface area contributed by atoms with Crippen LogP contribution in [0.2, 0.25) is 0 Å². The highest BCUT2D eigenvalue weighted by atomic mass is 32.2. The van der Waals surface area contributed by atoms with Gasteiger partial charge in [-0.15, -0.1) is 0 Å². The fourth-order valence-corrected chi connectivity index (χ4v) is 3.39. The van der Waals surface area contributed by atoms with Gasteiger partial charge >= 0.3 is 0 Å². The second kappa shape index (κ2) is 9.30. The maximum atomic E-state index is 12.0. The number of hydrogen-bond donors (Lipinski definition) is 2. The van der Waals surface area contributed by atoms with E-state index in [0.717, 1.165) is 25.1 Å². The lowest BCUT2D eigenvalue weighted by atomic mass is 10.2. The maximum absolute atomic E-state index is 12.0. The first-order valence-electron chi connectivity index (χ1n) is 7.05. The van der Waals surface area contributed by atoms with Crippen molar-refractivity contribution in [1.29, 1.82) is 0 Å². The summed E-state index contributed by atoms with van der Waals surface area (Å²) in [6.45, 7) is 4.09. The highest BCUT2D eigenvalue weighted by Crippen LogP contribution is 2.10. The predicted molar refractivity (Wildman–Crippen MR) is 87.2 cm³/mol. The van der Waals surface area contributed by atoms with Crippen molar-refractivity contribution in [2.45, 2.75) is 31.2 Å². The molecule has 1 atom stereocenters. The number of rotatable bonds is 10. The topological polar surface area (TPSA) is 75.3 Å². The number of nitrogens with one attached hydrogen (secondary N) is 2. The summed E-state index contributed by atoms with van der Waals surface area (Å²) in [7, 11) is -4.36. The van der Waals surface area contributed by atoms with E-state index in [2.05, 4.69) is 17.0 Å². The molecule has 0 aliphatic carbocycles. The van der Waals surface area contributed by atoms with Gasteiger partial charge in [0, 0.05) is 35.9 Å².